The third-order valence-corrected chi connectivity index (χ3v) is 8.28. The fourth-order valence-electron chi connectivity index (χ4n) is 4.89. The van der Waals surface area contributed by atoms with Crippen molar-refractivity contribution in [3.8, 4) is 0 Å². The maximum Gasteiger partial charge on any atom is 0.469 e. The lowest BCUT2D eigenvalue weighted by atomic mass is 10.0. The number of aliphatic hydroxyl groups excluding tert-OH is 2. The SMILES string of the molecule is CCCCC/C=C\C/C=C\C/C=C\CC(O)C(O)CCCC(=O)OC[C@H](COP(=O)(O)O)OC(=O)CCCCCCCCCCC(C)C. The van der Waals surface area contributed by atoms with Crippen molar-refractivity contribution in [2.24, 2.45) is 5.92 Å². The monoisotopic (exact) mass is 702 g/mol. The van der Waals surface area contributed by atoms with E-state index in [-0.39, 0.29) is 25.7 Å². The summed E-state index contributed by atoms with van der Waals surface area (Å²) in [6.07, 6.45) is 26.4. The molecule has 0 aromatic rings. The van der Waals surface area contributed by atoms with Gasteiger partial charge in [-0.25, -0.2) is 4.57 Å². The third-order valence-electron chi connectivity index (χ3n) is 7.79. The van der Waals surface area contributed by atoms with E-state index in [1.807, 2.05) is 12.2 Å². The quantitative estimate of drug-likeness (QED) is 0.0232. The van der Waals surface area contributed by atoms with Crippen LogP contribution in [0.4, 0.5) is 0 Å². The zero-order valence-electron chi connectivity index (χ0n) is 30.0. The van der Waals surface area contributed by atoms with Crippen molar-refractivity contribution in [1.29, 1.82) is 0 Å². The Hall–Kier alpha value is -1.81. The molecule has 3 atom stereocenters. The normalized spacial score (nSPS) is 14.3. The molecule has 11 heteroatoms. The molecular weight excluding hydrogens is 635 g/mol. The predicted molar refractivity (Wildman–Crippen MR) is 191 cm³/mol. The van der Waals surface area contributed by atoms with Crippen LogP contribution < -0.4 is 0 Å². The van der Waals surface area contributed by atoms with Gasteiger partial charge in [0.25, 0.3) is 0 Å². The highest BCUT2D eigenvalue weighted by atomic mass is 31.2. The molecule has 4 N–H and O–H groups in total. The Morgan fingerprint density at radius 2 is 1.25 bits per heavy atom. The maximum absolute atomic E-state index is 12.3. The van der Waals surface area contributed by atoms with Crippen molar-refractivity contribution in [3.63, 3.8) is 0 Å². The number of carbonyl (C=O) groups excluding carboxylic acids is 2. The van der Waals surface area contributed by atoms with Gasteiger partial charge in [0.05, 0.1) is 18.8 Å². The Balaban J connectivity index is 4.25. The van der Waals surface area contributed by atoms with Crippen LogP contribution in [0.2, 0.25) is 0 Å². The molecular formula is C37H67O10P. The van der Waals surface area contributed by atoms with Crippen LogP contribution in [0.5, 0.6) is 0 Å². The molecule has 0 aliphatic rings. The minimum atomic E-state index is -4.81. The van der Waals surface area contributed by atoms with Gasteiger partial charge in [-0.05, 0) is 57.3 Å². The van der Waals surface area contributed by atoms with Gasteiger partial charge in [0, 0.05) is 12.8 Å². The van der Waals surface area contributed by atoms with E-state index in [2.05, 4.69) is 49.6 Å². The van der Waals surface area contributed by atoms with E-state index in [1.54, 1.807) is 0 Å². The number of phosphoric acid groups is 1. The second kappa shape index (κ2) is 31.2. The lowest BCUT2D eigenvalue weighted by Gasteiger charge is -2.19. The fraction of sp³-hybridized carbons (Fsp3) is 0.784. The first-order chi connectivity index (χ1) is 22.9. The second-order valence-electron chi connectivity index (χ2n) is 13.0. The van der Waals surface area contributed by atoms with Gasteiger partial charge >= 0.3 is 19.8 Å². The van der Waals surface area contributed by atoms with E-state index in [0.29, 0.717) is 12.8 Å². The molecule has 0 aliphatic carbocycles. The van der Waals surface area contributed by atoms with E-state index in [9.17, 15) is 24.4 Å². The van der Waals surface area contributed by atoms with E-state index in [1.165, 1.54) is 51.4 Å². The number of unbranched alkanes of at least 4 members (excludes halogenated alkanes) is 10. The molecule has 10 nitrogen and oxygen atoms in total. The van der Waals surface area contributed by atoms with Crippen LogP contribution in [0.25, 0.3) is 0 Å². The number of phosphoric ester groups is 1. The summed E-state index contributed by atoms with van der Waals surface area (Å²) in [4.78, 5) is 42.7. The molecule has 0 fully saturated rings. The number of hydrogen-bond acceptors (Lipinski definition) is 8. The molecule has 0 bridgehead atoms. The summed E-state index contributed by atoms with van der Waals surface area (Å²) in [7, 11) is -4.81. The van der Waals surface area contributed by atoms with Crippen molar-refractivity contribution < 1.29 is 48.2 Å². The highest BCUT2D eigenvalue weighted by Gasteiger charge is 2.23. The number of rotatable bonds is 32. The number of carbonyl (C=O) groups is 2. The van der Waals surface area contributed by atoms with Gasteiger partial charge in [-0.3, -0.25) is 14.1 Å². The lowest BCUT2D eigenvalue weighted by molar-refractivity contribution is -0.161. The molecule has 0 rings (SSSR count). The standard InChI is InChI=1S/C37H67O10P/c1-4-5-6-7-8-9-10-11-12-16-19-22-26-34(38)35(39)27-24-29-36(40)45-30-33(31-46-48(42,43)44)47-37(41)28-23-20-17-14-13-15-18-21-25-32(2)3/h8-9,11-12,19,22,32-35,38-39H,4-7,10,13-18,20-21,23-31H2,1-3H3,(H2,42,43,44)/b9-8-,12-11-,22-19-/t33-,34?,35?/m1/s1. The summed E-state index contributed by atoms with van der Waals surface area (Å²) in [5.41, 5.74) is 0. The predicted octanol–water partition coefficient (Wildman–Crippen LogP) is 8.42. The summed E-state index contributed by atoms with van der Waals surface area (Å²) in [5, 5.41) is 20.5. The molecule has 0 aliphatic heterocycles. The van der Waals surface area contributed by atoms with Crippen LogP contribution in [-0.2, 0) is 28.2 Å². The van der Waals surface area contributed by atoms with E-state index in [4.69, 9.17) is 19.3 Å². The molecule has 0 spiro atoms. The molecule has 0 aromatic carbocycles. The average molecular weight is 703 g/mol. The summed E-state index contributed by atoms with van der Waals surface area (Å²) in [5.74, 6) is -0.424. The topological polar surface area (TPSA) is 160 Å². The van der Waals surface area contributed by atoms with Crippen molar-refractivity contribution in [3.05, 3.63) is 36.5 Å². The molecule has 0 saturated heterocycles. The number of ether oxygens (including phenoxy) is 2. The first-order valence-electron chi connectivity index (χ1n) is 18.3. The first-order valence-corrected chi connectivity index (χ1v) is 19.8. The van der Waals surface area contributed by atoms with Gasteiger partial charge in [-0.15, -0.1) is 0 Å². The van der Waals surface area contributed by atoms with E-state index in [0.717, 1.165) is 44.4 Å². The van der Waals surface area contributed by atoms with Crippen LogP contribution in [0.1, 0.15) is 149 Å². The first kappa shape index (κ1) is 46.2. The number of esters is 2. The fourth-order valence-corrected chi connectivity index (χ4v) is 5.26. The summed E-state index contributed by atoms with van der Waals surface area (Å²) in [6, 6.07) is 0. The Morgan fingerprint density at radius 1 is 0.667 bits per heavy atom. The smallest absolute Gasteiger partial charge is 0.462 e. The highest BCUT2D eigenvalue weighted by molar-refractivity contribution is 7.46. The van der Waals surface area contributed by atoms with Crippen LogP contribution >= 0.6 is 7.82 Å². The van der Waals surface area contributed by atoms with Gasteiger partial charge in [0.1, 0.15) is 6.61 Å². The number of hydrogen-bond donors (Lipinski definition) is 4. The number of aliphatic hydroxyl groups is 2. The Labute approximate surface area is 290 Å². The van der Waals surface area contributed by atoms with Crippen molar-refractivity contribution in [1.82, 2.24) is 0 Å². The van der Waals surface area contributed by atoms with Crippen LogP contribution in [0.15, 0.2) is 36.5 Å². The largest absolute Gasteiger partial charge is 0.469 e. The zero-order valence-corrected chi connectivity index (χ0v) is 30.9. The highest BCUT2D eigenvalue weighted by Crippen LogP contribution is 2.36. The minimum Gasteiger partial charge on any atom is -0.462 e. The summed E-state index contributed by atoms with van der Waals surface area (Å²) in [6.45, 7) is 5.64. The Kier molecular flexibility index (Phi) is 30.0. The third kappa shape index (κ3) is 32.7. The average Bonchev–Trinajstić information content (AvgIpc) is 3.03. The second-order valence-corrected chi connectivity index (χ2v) is 14.2. The van der Waals surface area contributed by atoms with Gasteiger partial charge in [-0.2, -0.15) is 0 Å². The van der Waals surface area contributed by atoms with Gasteiger partial charge in [0.15, 0.2) is 6.10 Å². The summed E-state index contributed by atoms with van der Waals surface area (Å²) < 4.78 is 26.1. The van der Waals surface area contributed by atoms with Crippen molar-refractivity contribution in [2.75, 3.05) is 13.2 Å². The van der Waals surface area contributed by atoms with Crippen molar-refractivity contribution in [2.45, 2.75) is 167 Å². The maximum atomic E-state index is 12.3. The van der Waals surface area contributed by atoms with Gasteiger partial charge < -0.3 is 29.5 Å². The van der Waals surface area contributed by atoms with Crippen LogP contribution in [0, 0.1) is 5.92 Å². The zero-order chi connectivity index (χ0) is 35.9. The molecule has 0 saturated carbocycles. The molecule has 0 amide bonds. The molecule has 2 unspecified atom stereocenters. The molecule has 0 aromatic heterocycles. The van der Waals surface area contributed by atoms with E-state index >= 15 is 0 Å². The minimum absolute atomic E-state index is 0.0464. The molecule has 48 heavy (non-hydrogen) atoms. The Morgan fingerprint density at radius 3 is 1.88 bits per heavy atom. The van der Waals surface area contributed by atoms with Crippen molar-refractivity contribution >= 4 is 19.8 Å². The van der Waals surface area contributed by atoms with Gasteiger partial charge in [0.2, 0.25) is 0 Å². The molecule has 280 valence electrons. The molecule has 0 heterocycles. The Bertz CT molecular complexity index is 927. The van der Waals surface area contributed by atoms with E-state index < -0.39 is 51.3 Å². The van der Waals surface area contributed by atoms with Gasteiger partial charge in [-0.1, -0.05) is 121 Å². The number of allylic oxidation sites excluding steroid dienone is 5. The summed E-state index contributed by atoms with van der Waals surface area (Å²) >= 11 is 0. The van der Waals surface area contributed by atoms with Crippen LogP contribution in [0.3, 0.4) is 0 Å². The van der Waals surface area contributed by atoms with Crippen LogP contribution in [-0.4, -0.2) is 63.5 Å². The molecule has 0 radical (unpaired) electrons. The lowest BCUT2D eigenvalue weighted by Crippen LogP contribution is -2.29.